The third-order valence-electron chi connectivity index (χ3n) is 3.81. The summed E-state index contributed by atoms with van der Waals surface area (Å²) in [5.41, 5.74) is 2.10. The molecule has 1 saturated heterocycles. The first-order valence-corrected chi connectivity index (χ1v) is 10.1. The summed E-state index contributed by atoms with van der Waals surface area (Å²) in [4.78, 5) is 13.1. The number of thiophene rings is 1. The van der Waals surface area contributed by atoms with Gasteiger partial charge in [-0.2, -0.15) is 0 Å². The highest BCUT2D eigenvalue weighted by Crippen LogP contribution is 2.28. The largest absolute Gasteiger partial charge is 0.322 e. The van der Waals surface area contributed by atoms with Crippen LogP contribution in [0.25, 0.3) is 6.08 Å². The van der Waals surface area contributed by atoms with Gasteiger partial charge in [-0.25, -0.2) is 8.42 Å². The molecule has 1 N–H and O–H groups in total. The Balaban J connectivity index is 1.78. The Labute approximate surface area is 145 Å². The summed E-state index contributed by atoms with van der Waals surface area (Å²) in [6.45, 7) is 2.36. The Bertz CT molecular complexity index is 871. The van der Waals surface area contributed by atoms with E-state index in [1.165, 1.54) is 10.4 Å². The molecule has 2 aromatic rings. The van der Waals surface area contributed by atoms with Gasteiger partial charge in [-0.15, -0.1) is 11.3 Å². The lowest BCUT2D eigenvalue weighted by atomic mass is 10.1. The fraction of sp³-hybridized carbons (Fsp3) is 0.235. The molecule has 0 aliphatic carbocycles. The zero-order chi connectivity index (χ0) is 17.2. The van der Waals surface area contributed by atoms with E-state index in [0.717, 1.165) is 10.4 Å². The van der Waals surface area contributed by atoms with Gasteiger partial charge in [0.05, 0.1) is 11.4 Å². The van der Waals surface area contributed by atoms with Crippen molar-refractivity contribution in [2.24, 2.45) is 0 Å². The van der Waals surface area contributed by atoms with E-state index in [9.17, 15) is 13.2 Å². The number of carbonyl (C=O) groups excluding carboxylic acids is 1. The van der Waals surface area contributed by atoms with Crippen LogP contribution in [0.1, 0.15) is 16.9 Å². The van der Waals surface area contributed by atoms with Crippen molar-refractivity contribution in [3.05, 3.63) is 52.2 Å². The zero-order valence-corrected chi connectivity index (χ0v) is 14.9. The van der Waals surface area contributed by atoms with E-state index < -0.39 is 10.0 Å². The number of nitrogens with one attached hydrogen (secondary N) is 1. The topological polar surface area (TPSA) is 66.5 Å². The molecule has 5 nitrogen and oxygen atoms in total. The minimum absolute atomic E-state index is 0.173. The molecular formula is C17H18N2O3S2. The van der Waals surface area contributed by atoms with Crippen LogP contribution in [-0.4, -0.2) is 26.6 Å². The number of carbonyl (C=O) groups is 1. The summed E-state index contributed by atoms with van der Waals surface area (Å²) < 4.78 is 25.5. The maximum Gasteiger partial charge on any atom is 0.248 e. The molecule has 0 spiro atoms. The monoisotopic (exact) mass is 362 g/mol. The van der Waals surface area contributed by atoms with Crippen LogP contribution in [0.4, 0.5) is 11.4 Å². The van der Waals surface area contributed by atoms with Gasteiger partial charge in [0.2, 0.25) is 15.9 Å². The third-order valence-corrected chi connectivity index (χ3v) is 6.52. The van der Waals surface area contributed by atoms with Crippen LogP contribution in [0.3, 0.4) is 0 Å². The molecular weight excluding hydrogens is 344 g/mol. The first-order valence-electron chi connectivity index (χ1n) is 7.59. The lowest BCUT2D eigenvalue weighted by molar-refractivity contribution is -0.111. The highest BCUT2D eigenvalue weighted by molar-refractivity contribution is 7.93. The number of hydrogen-bond donors (Lipinski definition) is 1. The number of amides is 1. The van der Waals surface area contributed by atoms with Crippen molar-refractivity contribution >= 4 is 44.7 Å². The van der Waals surface area contributed by atoms with Crippen molar-refractivity contribution in [1.29, 1.82) is 0 Å². The standard InChI is InChI=1S/C17H18N2O3S2/c1-13-5-6-14(19-9-3-11-24(19,21)22)12-16(13)18-17(20)8-7-15-4-2-10-23-15/h2,4-8,10,12H,3,9,11H2,1H3,(H,18,20)/b8-7+. The number of benzene rings is 1. The quantitative estimate of drug-likeness (QED) is 0.849. The third kappa shape index (κ3) is 3.68. The average molecular weight is 362 g/mol. The molecule has 7 heteroatoms. The normalized spacial score (nSPS) is 16.6. The van der Waals surface area contributed by atoms with E-state index in [2.05, 4.69) is 5.32 Å². The van der Waals surface area contributed by atoms with Gasteiger partial charge in [-0.05, 0) is 48.6 Å². The molecule has 24 heavy (non-hydrogen) atoms. The van der Waals surface area contributed by atoms with Crippen LogP contribution < -0.4 is 9.62 Å². The number of hydrogen-bond acceptors (Lipinski definition) is 4. The Hall–Kier alpha value is -2.12. The maximum absolute atomic E-state index is 12.1. The number of rotatable bonds is 4. The van der Waals surface area contributed by atoms with E-state index in [4.69, 9.17) is 0 Å². The molecule has 1 aromatic heterocycles. The minimum atomic E-state index is -3.23. The molecule has 0 saturated carbocycles. The predicted molar refractivity (Wildman–Crippen MR) is 98.9 cm³/mol. The smallest absolute Gasteiger partial charge is 0.248 e. The first-order chi connectivity index (χ1) is 11.5. The molecule has 126 valence electrons. The molecule has 2 heterocycles. The van der Waals surface area contributed by atoms with Crippen LogP contribution in [0.15, 0.2) is 41.8 Å². The SMILES string of the molecule is Cc1ccc(N2CCCS2(=O)=O)cc1NC(=O)/C=C/c1cccs1. The van der Waals surface area contributed by atoms with Gasteiger partial charge in [-0.3, -0.25) is 9.10 Å². The molecule has 1 fully saturated rings. The number of nitrogens with zero attached hydrogens (tertiary/aromatic N) is 1. The van der Waals surface area contributed by atoms with Crippen LogP contribution in [0.2, 0.25) is 0 Å². The Morgan fingerprint density at radius 3 is 2.83 bits per heavy atom. The second-order valence-corrected chi connectivity index (χ2v) is 8.57. The van der Waals surface area contributed by atoms with E-state index in [1.54, 1.807) is 29.5 Å². The molecule has 1 amide bonds. The number of sulfonamides is 1. The van der Waals surface area contributed by atoms with Gasteiger partial charge in [0.25, 0.3) is 0 Å². The Kier molecular flexibility index (Phi) is 4.73. The van der Waals surface area contributed by atoms with E-state index in [1.807, 2.05) is 30.5 Å². The van der Waals surface area contributed by atoms with Crippen LogP contribution in [0.5, 0.6) is 0 Å². The second kappa shape index (κ2) is 6.78. The van der Waals surface area contributed by atoms with Gasteiger partial charge in [0.1, 0.15) is 0 Å². The molecule has 1 aromatic carbocycles. The molecule has 1 aliphatic heterocycles. The van der Waals surface area contributed by atoms with Crippen LogP contribution in [-0.2, 0) is 14.8 Å². The van der Waals surface area contributed by atoms with E-state index in [0.29, 0.717) is 24.3 Å². The zero-order valence-electron chi connectivity index (χ0n) is 13.2. The fourth-order valence-corrected chi connectivity index (χ4v) is 4.72. The summed E-state index contributed by atoms with van der Waals surface area (Å²) in [5, 5.41) is 4.77. The van der Waals surface area contributed by atoms with Gasteiger partial charge >= 0.3 is 0 Å². The molecule has 1 aliphatic rings. The van der Waals surface area contributed by atoms with Crippen LogP contribution in [0, 0.1) is 6.92 Å². The van der Waals surface area contributed by atoms with Crippen molar-refractivity contribution in [1.82, 2.24) is 0 Å². The van der Waals surface area contributed by atoms with Gasteiger partial charge in [0.15, 0.2) is 0 Å². The van der Waals surface area contributed by atoms with Gasteiger partial charge in [-0.1, -0.05) is 12.1 Å². The number of aryl methyl sites for hydroxylation is 1. The highest BCUT2D eigenvalue weighted by atomic mass is 32.2. The molecule has 0 bridgehead atoms. The van der Waals surface area contributed by atoms with Gasteiger partial charge in [0, 0.05) is 23.2 Å². The summed E-state index contributed by atoms with van der Waals surface area (Å²) in [5.74, 6) is -0.0699. The van der Waals surface area contributed by atoms with Crippen molar-refractivity contribution < 1.29 is 13.2 Å². The van der Waals surface area contributed by atoms with Crippen molar-refractivity contribution in [2.45, 2.75) is 13.3 Å². The lowest BCUT2D eigenvalue weighted by Crippen LogP contribution is -2.25. The molecule has 0 unspecified atom stereocenters. The number of anilines is 2. The second-order valence-electron chi connectivity index (χ2n) is 5.58. The molecule has 0 atom stereocenters. The van der Waals surface area contributed by atoms with Crippen molar-refractivity contribution in [2.75, 3.05) is 21.9 Å². The summed E-state index contributed by atoms with van der Waals surface area (Å²) >= 11 is 1.55. The summed E-state index contributed by atoms with van der Waals surface area (Å²) in [6, 6.07) is 9.16. The fourth-order valence-electron chi connectivity index (χ4n) is 2.55. The van der Waals surface area contributed by atoms with Crippen molar-refractivity contribution in [3.8, 4) is 0 Å². The van der Waals surface area contributed by atoms with Crippen LogP contribution >= 0.6 is 11.3 Å². The first kappa shape index (κ1) is 16.7. The average Bonchev–Trinajstić information content (AvgIpc) is 3.16. The molecule has 0 radical (unpaired) electrons. The van der Waals surface area contributed by atoms with Crippen molar-refractivity contribution in [3.63, 3.8) is 0 Å². The maximum atomic E-state index is 12.1. The highest BCUT2D eigenvalue weighted by Gasteiger charge is 2.28. The lowest BCUT2D eigenvalue weighted by Gasteiger charge is -2.18. The Morgan fingerprint density at radius 2 is 2.17 bits per heavy atom. The summed E-state index contributed by atoms with van der Waals surface area (Å²) in [6.07, 6.45) is 3.86. The van der Waals surface area contributed by atoms with E-state index in [-0.39, 0.29) is 11.7 Å². The Morgan fingerprint density at radius 1 is 1.33 bits per heavy atom. The summed E-state index contributed by atoms with van der Waals surface area (Å²) in [7, 11) is -3.23. The minimum Gasteiger partial charge on any atom is -0.322 e. The van der Waals surface area contributed by atoms with E-state index >= 15 is 0 Å². The predicted octanol–water partition coefficient (Wildman–Crippen LogP) is 3.25. The molecule has 3 rings (SSSR count). The van der Waals surface area contributed by atoms with Gasteiger partial charge < -0.3 is 5.32 Å².